The third-order valence-electron chi connectivity index (χ3n) is 3.96. The Balaban J connectivity index is 0.000000847. The van der Waals surface area contributed by atoms with Crippen LogP contribution in [0.1, 0.15) is 39.2 Å². The lowest BCUT2D eigenvalue weighted by atomic mass is 9.88. The van der Waals surface area contributed by atoms with Gasteiger partial charge in [-0.2, -0.15) is 0 Å². The molecule has 118 valence electrons. The van der Waals surface area contributed by atoms with E-state index in [9.17, 15) is 0 Å². The normalized spacial score (nSPS) is 23.0. The molecule has 0 amide bonds. The Morgan fingerprint density at radius 2 is 1.91 bits per heavy atom. The first-order valence-corrected chi connectivity index (χ1v) is 8.05. The molecule has 0 fully saturated rings. The minimum atomic E-state index is -0.330. The molecule has 1 unspecified atom stereocenters. The van der Waals surface area contributed by atoms with Crippen LogP contribution in [0.4, 0.5) is 0 Å². The van der Waals surface area contributed by atoms with Crippen molar-refractivity contribution in [2.75, 3.05) is 13.6 Å². The Bertz CT molecular complexity index is 587. The number of hydrogen-bond donors (Lipinski definition) is 1. The SMILES string of the molecule is CC.CNCC1=CC=C(C2=NOC(C)(c3ccccc3)C2)C1. The number of benzene rings is 1. The van der Waals surface area contributed by atoms with Crippen molar-refractivity contribution in [3.8, 4) is 0 Å². The van der Waals surface area contributed by atoms with Gasteiger partial charge in [0.05, 0.1) is 5.71 Å². The standard InChI is InChI=1S/C17H20N2O.C2H6/c1-17(15-6-4-3-5-7-15)11-16(19-20-17)14-9-8-13(10-14)12-18-2;1-2/h3-9,18H,10-12H2,1-2H3;1-2H3. The molecule has 0 saturated carbocycles. The van der Waals surface area contributed by atoms with E-state index >= 15 is 0 Å². The third kappa shape index (κ3) is 3.47. The highest BCUT2D eigenvalue weighted by Gasteiger charge is 2.37. The summed E-state index contributed by atoms with van der Waals surface area (Å²) in [5.41, 5.74) is 4.62. The second-order valence-corrected chi connectivity index (χ2v) is 5.63. The zero-order valence-electron chi connectivity index (χ0n) is 14.0. The Morgan fingerprint density at radius 1 is 1.18 bits per heavy atom. The smallest absolute Gasteiger partial charge is 0.165 e. The largest absolute Gasteiger partial charge is 0.384 e. The van der Waals surface area contributed by atoms with Crippen molar-refractivity contribution >= 4 is 5.71 Å². The fraction of sp³-hybridized carbons (Fsp3) is 0.421. The van der Waals surface area contributed by atoms with Crippen molar-refractivity contribution in [1.82, 2.24) is 5.32 Å². The minimum absolute atomic E-state index is 0.330. The van der Waals surface area contributed by atoms with Crippen LogP contribution >= 0.6 is 0 Å². The van der Waals surface area contributed by atoms with Crippen molar-refractivity contribution in [1.29, 1.82) is 0 Å². The Labute approximate surface area is 133 Å². The van der Waals surface area contributed by atoms with Crippen molar-refractivity contribution < 1.29 is 4.84 Å². The van der Waals surface area contributed by atoms with Crippen LogP contribution in [0.3, 0.4) is 0 Å². The van der Waals surface area contributed by atoms with Crippen LogP contribution in [0.25, 0.3) is 0 Å². The van der Waals surface area contributed by atoms with E-state index < -0.39 is 0 Å². The quantitative estimate of drug-likeness (QED) is 0.904. The number of allylic oxidation sites excluding steroid dienone is 3. The van der Waals surface area contributed by atoms with Crippen molar-refractivity contribution in [3.05, 3.63) is 59.2 Å². The molecule has 2 aliphatic rings. The molecule has 1 N–H and O–H groups in total. The van der Waals surface area contributed by atoms with Crippen LogP contribution < -0.4 is 5.32 Å². The second kappa shape index (κ2) is 7.41. The molecular weight excluding hydrogens is 272 g/mol. The van der Waals surface area contributed by atoms with Gasteiger partial charge in [-0.1, -0.05) is 67.1 Å². The molecule has 1 aliphatic heterocycles. The van der Waals surface area contributed by atoms with E-state index in [0.717, 1.165) is 25.1 Å². The van der Waals surface area contributed by atoms with Gasteiger partial charge in [-0.3, -0.25) is 0 Å². The molecule has 3 rings (SSSR count). The first-order chi connectivity index (χ1) is 10.7. The summed E-state index contributed by atoms with van der Waals surface area (Å²) >= 11 is 0. The van der Waals surface area contributed by atoms with E-state index in [0.29, 0.717) is 0 Å². The van der Waals surface area contributed by atoms with E-state index in [1.165, 1.54) is 16.7 Å². The summed E-state index contributed by atoms with van der Waals surface area (Å²) < 4.78 is 0. The molecule has 0 bridgehead atoms. The molecule has 3 heteroatoms. The third-order valence-corrected chi connectivity index (χ3v) is 3.96. The van der Waals surface area contributed by atoms with Crippen LogP contribution in [0.15, 0.2) is 58.8 Å². The number of hydrogen-bond acceptors (Lipinski definition) is 3. The molecule has 0 radical (unpaired) electrons. The summed E-state index contributed by atoms with van der Waals surface area (Å²) in [5.74, 6) is 0. The molecule has 22 heavy (non-hydrogen) atoms. The highest BCUT2D eigenvalue weighted by molar-refractivity contribution is 6.02. The molecule has 3 nitrogen and oxygen atoms in total. The Morgan fingerprint density at radius 3 is 2.59 bits per heavy atom. The fourth-order valence-electron chi connectivity index (χ4n) is 2.79. The average molecular weight is 298 g/mol. The van der Waals surface area contributed by atoms with Crippen LogP contribution in [0.5, 0.6) is 0 Å². The molecule has 1 aliphatic carbocycles. The van der Waals surface area contributed by atoms with Gasteiger partial charge in [0.2, 0.25) is 0 Å². The lowest BCUT2D eigenvalue weighted by Crippen LogP contribution is -2.22. The average Bonchev–Trinajstić information content (AvgIpc) is 3.18. The van der Waals surface area contributed by atoms with Crippen molar-refractivity contribution in [2.24, 2.45) is 5.16 Å². The van der Waals surface area contributed by atoms with Crippen LogP contribution in [0, 0.1) is 0 Å². The van der Waals surface area contributed by atoms with Crippen LogP contribution in [-0.4, -0.2) is 19.3 Å². The summed E-state index contributed by atoms with van der Waals surface area (Å²) in [6.07, 6.45) is 6.18. The first-order valence-electron chi connectivity index (χ1n) is 8.05. The number of nitrogens with zero attached hydrogens (tertiary/aromatic N) is 1. The van der Waals surface area contributed by atoms with Gasteiger partial charge in [0.15, 0.2) is 5.60 Å². The topological polar surface area (TPSA) is 33.6 Å². The van der Waals surface area contributed by atoms with Crippen LogP contribution in [0.2, 0.25) is 0 Å². The van der Waals surface area contributed by atoms with E-state index in [4.69, 9.17) is 4.84 Å². The Hall–Kier alpha value is -1.87. The lowest BCUT2D eigenvalue weighted by molar-refractivity contribution is -0.00738. The van der Waals surface area contributed by atoms with Crippen molar-refractivity contribution in [2.45, 2.75) is 39.2 Å². The number of likely N-dealkylation sites (N-methyl/N-ethyl adjacent to an activating group) is 1. The summed E-state index contributed by atoms with van der Waals surface area (Å²) in [6.45, 7) is 7.04. The van der Waals surface area contributed by atoms with Gasteiger partial charge in [0, 0.05) is 13.0 Å². The number of rotatable bonds is 4. The van der Waals surface area contributed by atoms with E-state index in [2.05, 4.69) is 41.7 Å². The molecular formula is C19H26N2O. The zero-order valence-corrected chi connectivity index (χ0v) is 14.0. The molecule has 0 spiro atoms. The highest BCUT2D eigenvalue weighted by Crippen LogP contribution is 2.37. The van der Waals surface area contributed by atoms with E-state index in [-0.39, 0.29) is 5.60 Å². The predicted octanol–water partition coefficient (Wildman–Crippen LogP) is 4.18. The molecule has 1 atom stereocenters. The number of nitrogens with one attached hydrogen (secondary N) is 1. The van der Waals surface area contributed by atoms with Gasteiger partial charge >= 0.3 is 0 Å². The number of oxime groups is 1. The van der Waals surface area contributed by atoms with Gasteiger partial charge in [-0.15, -0.1) is 0 Å². The summed E-state index contributed by atoms with van der Waals surface area (Å²) in [6, 6.07) is 10.3. The molecule has 0 saturated heterocycles. The maximum absolute atomic E-state index is 5.76. The minimum Gasteiger partial charge on any atom is -0.384 e. The maximum atomic E-state index is 5.76. The highest BCUT2D eigenvalue weighted by atomic mass is 16.7. The summed E-state index contributed by atoms with van der Waals surface area (Å²) in [7, 11) is 1.97. The van der Waals surface area contributed by atoms with Gasteiger partial charge < -0.3 is 10.2 Å². The molecule has 1 aromatic rings. The van der Waals surface area contributed by atoms with Crippen molar-refractivity contribution in [3.63, 3.8) is 0 Å². The Kier molecular flexibility index (Phi) is 5.56. The fourth-order valence-corrected chi connectivity index (χ4v) is 2.79. The molecule has 0 aromatic heterocycles. The zero-order chi connectivity index (χ0) is 16.0. The van der Waals surface area contributed by atoms with Gasteiger partial charge in [0.25, 0.3) is 0 Å². The predicted molar refractivity (Wildman–Crippen MR) is 93.0 cm³/mol. The van der Waals surface area contributed by atoms with E-state index in [1.54, 1.807) is 0 Å². The van der Waals surface area contributed by atoms with E-state index in [1.807, 2.05) is 39.1 Å². The first kappa shape index (κ1) is 16.5. The molecule has 1 heterocycles. The van der Waals surface area contributed by atoms with Gasteiger partial charge in [0.1, 0.15) is 0 Å². The van der Waals surface area contributed by atoms with Gasteiger partial charge in [-0.05, 0) is 31.5 Å². The monoisotopic (exact) mass is 298 g/mol. The van der Waals surface area contributed by atoms with Crippen LogP contribution in [-0.2, 0) is 10.4 Å². The second-order valence-electron chi connectivity index (χ2n) is 5.63. The molecule has 1 aromatic carbocycles. The summed E-state index contributed by atoms with van der Waals surface area (Å²) in [4.78, 5) is 5.76. The lowest BCUT2D eigenvalue weighted by Gasteiger charge is -2.21. The summed E-state index contributed by atoms with van der Waals surface area (Å²) in [5, 5.41) is 7.53. The maximum Gasteiger partial charge on any atom is 0.165 e. The van der Waals surface area contributed by atoms with Gasteiger partial charge in [-0.25, -0.2) is 0 Å².